The largest absolute Gasteiger partial charge is 0.476 e. The fourth-order valence-corrected chi connectivity index (χ4v) is 6.72. The average molecular weight is 620 g/mol. The predicted molar refractivity (Wildman–Crippen MR) is 201 cm³/mol. The zero-order valence-electron chi connectivity index (χ0n) is 30.9. The van der Waals surface area contributed by atoms with Crippen molar-refractivity contribution in [1.29, 1.82) is 0 Å². The van der Waals surface area contributed by atoms with Crippen molar-refractivity contribution < 1.29 is 4.42 Å². The van der Waals surface area contributed by atoms with Crippen LogP contribution in [0.4, 0.5) is 5.69 Å². The number of hydrogen-bond acceptors (Lipinski definition) is 3. The Balaban J connectivity index is 1.87. The van der Waals surface area contributed by atoms with Gasteiger partial charge in [0.1, 0.15) is 5.76 Å². The summed E-state index contributed by atoms with van der Waals surface area (Å²) in [7, 11) is 2.17. The van der Waals surface area contributed by atoms with Crippen molar-refractivity contribution >= 4 is 18.6 Å². The van der Waals surface area contributed by atoms with Crippen LogP contribution in [0.5, 0.6) is 0 Å². The van der Waals surface area contributed by atoms with Crippen LogP contribution in [0, 0.1) is 10.8 Å². The van der Waals surface area contributed by atoms with Crippen LogP contribution in [0.3, 0.4) is 0 Å². The SMILES string of the molecule is C=CCNC/C=C/N(C(=C\[B]c1cc2c(o1)C(C)(C)CCC2(C)C)/C=C1\C(=C)C(C)(C)CCC1(C)C)c1ccc(C(C)(C)C)cc1. The predicted octanol–water partition coefficient (Wildman–Crippen LogP) is 10.2. The Morgan fingerprint density at radius 2 is 1.50 bits per heavy atom. The molecule has 1 N–H and O–H groups in total. The first-order valence-electron chi connectivity index (χ1n) is 17.3. The molecule has 0 unspecified atom stereocenters. The monoisotopic (exact) mass is 619 g/mol. The zero-order chi connectivity index (χ0) is 34.1. The van der Waals surface area contributed by atoms with Crippen molar-refractivity contribution in [3.8, 4) is 0 Å². The Kier molecular flexibility index (Phi) is 10.3. The number of nitrogens with one attached hydrogen (secondary N) is 1. The molecule has 4 heteroatoms. The average Bonchev–Trinajstić information content (AvgIpc) is 3.43. The van der Waals surface area contributed by atoms with E-state index < -0.39 is 0 Å². The number of nitrogens with zero attached hydrogens (tertiary/aromatic N) is 1. The van der Waals surface area contributed by atoms with Gasteiger partial charge in [0, 0.05) is 36.1 Å². The van der Waals surface area contributed by atoms with Crippen LogP contribution in [-0.4, -0.2) is 20.4 Å². The Morgan fingerprint density at radius 1 is 0.891 bits per heavy atom. The molecule has 46 heavy (non-hydrogen) atoms. The summed E-state index contributed by atoms with van der Waals surface area (Å²) >= 11 is 0. The molecule has 3 nitrogen and oxygen atoms in total. The van der Waals surface area contributed by atoms with Gasteiger partial charge >= 0.3 is 0 Å². The Labute approximate surface area is 282 Å². The van der Waals surface area contributed by atoms with Crippen LogP contribution in [0.2, 0.25) is 0 Å². The molecule has 2 aromatic rings. The molecule has 1 aromatic carbocycles. The molecule has 1 saturated carbocycles. The van der Waals surface area contributed by atoms with Gasteiger partial charge in [0.2, 0.25) is 7.28 Å². The van der Waals surface area contributed by atoms with Crippen molar-refractivity contribution in [2.45, 2.75) is 118 Å². The lowest BCUT2D eigenvalue weighted by Crippen LogP contribution is -2.32. The molecule has 0 spiro atoms. The molecule has 0 atom stereocenters. The van der Waals surface area contributed by atoms with Gasteiger partial charge in [-0.1, -0.05) is 113 Å². The van der Waals surface area contributed by atoms with Crippen LogP contribution in [0.15, 0.2) is 95.2 Å². The van der Waals surface area contributed by atoms with E-state index in [1.165, 1.54) is 22.3 Å². The van der Waals surface area contributed by atoms with Crippen molar-refractivity contribution in [3.05, 3.63) is 108 Å². The van der Waals surface area contributed by atoms with Gasteiger partial charge in [0.25, 0.3) is 0 Å². The van der Waals surface area contributed by atoms with E-state index in [-0.39, 0.29) is 27.1 Å². The second-order valence-electron chi connectivity index (χ2n) is 17.2. The smallest absolute Gasteiger partial charge is 0.233 e. The maximum atomic E-state index is 6.66. The lowest BCUT2D eigenvalue weighted by atomic mass is 9.61. The van der Waals surface area contributed by atoms with Crippen LogP contribution in [-0.2, 0) is 16.2 Å². The molecule has 2 aliphatic carbocycles. The van der Waals surface area contributed by atoms with E-state index in [0.717, 1.165) is 61.6 Å². The number of allylic oxidation sites excluding steroid dienone is 3. The normalized spacial score (nSPS) is 21.3. The molecule has 1 radical (unpaired) electrons. The topological polar surface area (TPSA) is 28.4 Å². The van der Waals surface area contributed by atoms with Crippen molar-refractivity contribution in [2.24, 2.45) is 10.8 Å². The van der Waals surface area contributed by atoms with Gasteiger partial charge in [0.15, 0.2) is 0 Å². The van der Waals surface area contributed by atoms with E-state index in [9.17, 15) is 0 Å². The summed E-state index contributed by atoms with van der Waals surface area (Å²) in [4.78, 5) is 2.31. The Morgan fingerprint density at radius 3 is 2.11 bits per heavy atom. The number of benzene rings is 1. The van der Waals surface area contributed by atoms with Crippen molar-refractivity contribution in [1.82, 2.24) is 5.32 Å². The zero-order valence-corrected chi connectivity index (χ0v) is 30.9. The molecule has 1 fully saturated rings. The minimum atomic E-state index is 0.0144. The highest BCUT2D eigenvalue weighted by molar-refractivity contribution is 6.57. The maximum absolute atomic E-state index is 6.66. The molecule has 1 heterocycles. The van der Waals surface area contributed by atoms with E-state index in [2.05, 4.69) is 161 Å². The second kappa shape index (κ2) is 13.3. The Hall–Kier alpha value is -2.98. The van der Waals surface area contributed by atoms with E-state index in [4.69, 9.17) is 4.42 Å². The van der Waals surface area contributed by atoms with E-state index in [0.29, 0.717) is 0 Å². The molecule has 247 valence electrons. The molecule has 0 bridgehead atoms. The lowest BCUT2D eigenvalue weighted by molar-refractivity contribution is 0.261. The molecule has 0 saturated heterocycles. The van der Waals surface area contributed by atoms with Gasteiger partial charge in [-0.2, -0.15) is 0 Å². The summed E-state index contributed by atoms with van der Waals surface area (Å²) in [6.45, 7) is 35.5. The number of rotatable bonds is 10. The van der Waals surface area contributed by atoms with E-state index >= 15 is 0 Å². The summed E-state index contributed by atoms with van der Waals surface area (Å²) in [5.41, 5.74) is 8.59. The fraction of sp³-hybridized carbons (Fsp3) is 0.524. The summed E-state index contributed by atoms with van der Waals surface area (Å²) in [6, 6.07) is 11.3. The van der Waals surface area contributed by atoms with Gasteiger partial charge in [0.05, 0.1) is 5.66 Å². The first-order chi connectivity index (χ1) is 21.3. The van der Waals surface area contributed by atoms with Gasteiger partial charge in [-0.3, -0.25) is 0 Å². The molecule has 1 aromatic heterocycles. The van der Waals surface area contributed by atoms with Crippen molar-refractivity contribution in [3.63, 3.8) is 0 Å². The van der Waals surface area contributed by atoms with Crippen LogP contribution < -0.4 is 15.9 Å². The third-order valence-corrected chi connectivity index (χ3v) is 10.5. The summed E-state index contributed by atoms with van der Waals surface area (Å²) in [5, 5.41) is 3.42. The first kappa shape index (κ1) is 35.9. The fourth-order valence-electron chi connectivity index (χ4n) is 6.72. The highest BCUT2D eigenvalue weighted by Crippen LogP contribution is 2.52. The van der Waals surface area contributed by atoms with Crippen LogP contribution in [0.1, 0.15) is 119 Å². The summed E-state index contributed by atoms with van der Waals surface area (Å²) in [5.74, 6) is 3.37. The van der Waals surface area contributed by atoms with Gasteiger partial charge < -0.3 is 14.6 Å². The standard InChI is InChI=1S/C42H60BN2O/c1-14-24-44-25-15-26-45(32-18-16-31(17-19-32)38(3,4)5)33(27-34-30(2)39(6,7)20-21-40(34,8)9)29-43-36-28-35-37(46-36)42(12,13)23-22-41(35,10)11/h14-19,26-29,44H,1-2,20-25H2,3-13H3/b26-15+,33-29-,34-27+. The molecular weight excluding hydrogens is 559 g/mol. The van der Waals surface area contributed by atoms with Crippen LogP contribution in [0.25, 0.3) is 0 Å². The molecule has 0 amide bonds. The highest BCUT2D eigenvalue weighted by atomic mass is 16.3. The quantitative estimate of drug-likeness (QED) is 0.163. The maximum Gasteiger partial charge on any atom is 0.233 e. The van der Waals surface area contributed by atoms with Gasteiger partial charge in [-0.05, 0) is 93.9 Å². The first-order valence-corrected chi connectivity index (χ1v) is 17.3. The molecular formula is C42H60BN2O. The molecule has 0 aliphatic heterocycles. The summed E-state index contributed by atoms with van der Waals surface area (Å²) < 4.78 is 6.66. The van der Waals surface area contributed by atoms with E-state index in [1.54, 1.807) is 0 Å². The van der Waals surface area contributed by atoms with E-state index in [1.807, 2.05) is 6.08 Å². The summed E-state index contributed by atoms with van der Waals surface area (Å²) in [6.07, 6.45) is 13.2. The minimum absolute atomic E-state index is 0.0144. The van der Waals surface area contributed by atoms with Gasteiger partial charge in [-0.15, -0.1) is 6.58 Å². The number of hydrogen-bond donors (Lipinski definition) is 1. The molecule has 2 aliphatic rings. The van der Waals surface area contributed by atoms with Gasteiger partial charge in [-0.25, -0.2) is 0 Å². The minimum Gasteiger partial charge on any atom is -0.476 e. The highest BCUT2D eigenvalue weighted by Gasteiger charge is 2.41. The van der Waals surface area contributed by atoms with Crippen molar-refractivity contribution in [2.75, 3.05) is 18.0 Å². The number of fused-ring (bicyclic) bond motifs is 1. The third kappa shape index (κ3) is 7.93. The lowest BCUT2D eigenvalue weighted by Gasteiger charge is -2.44. The second-order valence-corrected chi connectivity index (χ2v) is 17.2. The Bertz CT molecular complexity index is 1470. The molecule has 4 rings (SSSR count). The third-order valence-electron chi connectivity index (χ3n) is 10.5. The van der Waals surface area contributed by atoms with Crippen LogP contribution >= 0.6 is 0 Å². The number of anilines is 1. The number of furan rings is 1.